The third-order valence-corrected chi connectivity index (χ3v) is 2.73. The second-order valence-electron chi connectivity index (χ2n) is 3.93. The largest absolute Gasteiger partial charge is 0.497 e. The van der Waals surface area contributed by atoms with Crippen LogP contribution in [0.5, 0.6) is 11.5 Å². The van der Waals surface area contributed by atoms with E-state index in [2.05, 4.69) is 17.0 Å². The van der Waals surface area contributed by atoms with Crippen LogP contribution in [0.1, 0.15) is 5.56 Å². The monoisotopic (exact) mass is 259 g/mol. The highest BCUT2D eigenvalue weighted by Gasteiger charge is 2.05. The highest BCUT2D eigenvalue weighted by atomic mass is 16.5. The molecule has 0 aliphatic carbocycles. The number of methoxy groups -OCH3 is 2. The fourth-order valence-corrected chi connectivity index (χ4v) is 1.72. The molecular formula is C14H17N3O2. The summed E-state index contributed by atoms with van der Waals surface area (Å²) in [6, 6.07) is 5.63. The predicted molar refractivity (Wildman–Crippen MR) is 75.5 cm³/mol. The molecule has 0 atom stereocenters. The van der Waals surface area contributed by atoms with Crippen molar-refractivity contribution >= 4 is 11.9 Å². The zero-order valence-electron chi connectivity index (χ0n) is 11.1. The zero-order valence-corrected chi connectivity index (χ0v) is 11.1. The molecule has 100 valence electrons. The third kappa shape index (κ3) is 3.07. The molecule has 1 heterocycles. The number of anilines is 1. The lowest BCUT2D eigenvalue weighted by atomic mass is 10.2. The van der Waals surface area contributed by atoms with Crippen molar-refractivity contribution in [3.05, 3.63) is 42.7 Å². The van der Waals surface area contributed by atoms with Crippen LogP contribution in [0.4, 0.5) is 5.69 Å². The van der Waals surface area contributed by atoms with Crippen molar-refractivity contribution in [2.24, 2.45) is 0 Å². The Morgan fingerprint density at radius 1 is 1.37 bits per heavy atom. The summed E-state index contributed by atoms with van der Waals surface area (Å²) in [6.07, 6.45) is 5.35. The van der Waals surface area contributed by atoms with Gasteiger partial charge in [-0.1, -0.05) is 6.58 Å². The molecule has 1 N–H and O–H groups in total. The molecule has 2 rings (SSSR count). The summed E-state index contributed by atoms with van der Waals surface area (Å²) in [5, 5.41) is 7.43. The Balaban J connectivity index is 2.11. The van der Waals surface area contributed by atoms with E-state index >= 15 is 0 Å². The van der Waals surface area contributed by atoms with Crippen molar-refractivity contribution in [3.8, 4) is 11.5 Å². The van der Waals surface area contributed by atoms with Crippen LogP contribution in [0.2, 0.25) is 0 Å². The Kier molecular flexibility index (Phi) is 4.07. The van der Waals surface area contributed by atoms with Gasteiger partial charge in [0, 0.05) is 30.6 Å². The summed E-state index contributed by atoms with van der Waals surface area (Å²) in [5.74, 6) is 1.56. The minimum atomic E-state index is 0.650. The Morgan fingerprint density at radius 3 is 2.84 bits per heavy atom. The molecule has 0 amide bonds. The second-order valence-corrected chi connectivity index (χ2v) is 3.93. The maximum atomic E-state index is 5.30. The van der Waals surface area contributed by atoms with Gasteiger partial charge in [-0.05, 0) is 12.1 Å². The summed E-state index contributed by atoms with van der Waals surface area (Å²) >= 11 is 0. The fraction of sp³-hybridized carbons (Fsp3) is 0.214. The second kappa shape index (κ2) is 5.95. The Bertz CT molecular complexity index is 564. The average molecular weight is 259 g/mol. The summed E-state index contributed by atoms with van der Waals surface area (Å²) in [4.78, 5) is 0. The number of ether oxygens (including phenoxy) is 2. The number of benzene rings is 1. The van der Waals surface area contributed by atoms with E-state index in [1.165, 1.54) is 0 Å². The number of hydrogen-bond acceptors (Lipinski definition) is 4. The molecule has 1 aromatic carbocycles. The number of nitrogens with one attached hydrogen (secondary N) is 1. The van der Waals surface area contributed by atoms with Gasteiger partial charge in [0.25, 0.3) is 0 Å². The molecule has 0 saturated heterocycles. The van der Waals surface area contributed by atoms with Gasteiger partial charge < -0.3 is 14.8 Å². The maximum absolute atomic E-state index is 5.30. The summed E-state index contributed by atoms with van der Waals surface area (Å²) in [7, 11) is 3.28. The van der Waals surface area contributed by atoms with Gasteiger partial charge in [0.05, 0.1) is 26.1 Å². The minimum Gasteiger partial charge on any atom is -0.497 e. The van der Waals surface area contributed by atoms with E-state index < -0.39 is 0 Å². The lowest BCUT2D eigenvalue weighted by Crippen LogP contribution is -2.01. The third-order valence-electron chi connectivity index (χ3n) is 2.73. The minimum absolute atomic E-state index is 0.650. The molecule has 2 aromatic rings. The first-order valence-electron chi connectivity index (χ1n) is 5.88. The number of nitrogens with zero attached hydrogens (tertiary/aromatic N) is 2. The van der Waals surface area contributed by atoms with Crippen molar-refractivity contribution in [1.29, 1.82) is 0 Å². The first-order valence-corrected chi connectivity index (χ1v) is 5.88. The fourth-order valence-electron chi connectivity index (χ4n) is 1.72. The Hall–Kier alpha value is -2.43. The van der Waals surface area contributed by atoms with Crippen molar-refractivity contribution in [3.63, 3.8) is 0 Å². The van der Waals surface area contributed by atoms with Crippen molar-refractivity contribution < 1.29 is 9.47 Å². The van der Waals surface area contributed by atoms with Crippen LogP contribution in [0.15, 0.2) is 37.2 Å². The predicted octanol–water partition coefficient (Wildman–Crippen LogP) is 2.61. The number of aromatic nitrogens is 2. The van der Waals surface area contributed by atoms with Crippen LogP contribution in [0.3, 0.4) is 0 Å². The topological polar surface area (TPSA) is 48.3 Å². The van der Waals surface area contributed by atoms with E-state index in [0.717, 1.165) is 22.7 Å². The molecule has 0 aliphatic heterocycles. The van der Waals surface area contributed by atoms with Crippen LogP contribution in [-0.4, -0.2) is 24.0 Å². The molecule has 0 fully saturated rings. The molecule has 0 radical (unpaired) electrons. The van der Waals surface area contributed by atoms with Gasteiger partial charge >= 0.3 is 0 Å². The van der Waals surface area contributed by atoms with E-state index in [1.54, 1.807) is 31.3 Å². The SMILES string of the molecule is C=Cn1cc(CNc2cc(OC)ccc2OC)cn1. The number of rotatable bonds is 6. The molecule has 19 heavy (non-hydrogen) atoms. The lowest BCUT2D eigenvalue weighted by molar-refractivity contribution is 0.404. The van der Waals surface area contributed by atoms with E-state index in [1.807, 2.05) is 24.4 Å². The lowest BCUT2D eigenvalue weighted by Gasteiger charge is -2.11. The van der Waals surface area contributed by atoms with Gasteiger partial charge in [0.2, 0.25) is 0 Å². The van der Waals surface area contributed by atoms with Crippen LogP contribution < -0.4 is 14.8 Å². The molecule has 5 nitrogen and oxygen atoms in total. The Morgan fingerprint density at radius 2 is 2.21 bits per heavy atom. The molecule has 0 spiro atoms. The average Bonchev–Trinajstić information content (AvgIpc) is 2.92. The molecule has 0 saturated carbocycles. The van der Waals surface area contributed by atoms with Gasteiger partial charge in [0.1, 0.15) is 11.5 Å². The van der Waals surface area contributed by atoms with Gasteiger partial charge in [-0.25, -0.2) is 4.68 Å². The van der Waals surface area contributed by atoms with Crippen LogP contribution >= 0.6 is 0 Å². The highest BCUT2D eigenvalue weighted by Crippen LogP contribution is 2.29. The van der Waals surface area contributed by atoms with E-state index in [0.29, 0.717) is 6.54 Å². The quantitative estimate of drug-likeness (QED) is 0.866. The molecule has 5 heteroatoms. The highest BCUT2D eigenvalue weighted by molar-refractivity contribution is 5.59. The van der Waals surface area contributed by atoms with Gasteiger partial charge in [0.15, 0.2) is 0 Å². The summed E-state index contributed by atoms with van der Waals surface area (Å²) in [6.45, 7) is 4.31. The molecule has 0 unspecified atom stereocenters. The van der Waals surface area contributed by atoms with E-state index in [9.17, 15) is 0 Å². The van der Waals surface area contributed by atoms with E-state index in [-0.39, 0.29) is 0 Å². The summed E-state index contributed by atoms with van der Waals surface area (Å²) in [5.41, 5.74) is 1.94. The molecular weight excluding hydrogens is 242 g/mol. The van der Waals surface area contributed by atoms with Crippen LogP contribution in [0.25, 0.3) is 6.20 Å². The van der Waals surface area contributed by atoms with Crippen LogP contribution in [0, 0.1) is 0 Å². The standard InChI is InChI=1S/C14H17N3O2/c1-4-17-10-11(9-16-17)8-15-13-7-12(18-2)5-6-14(13)19-3/h4-7,9-10,15H,1,8H2,2-3H3. The van der Waals surface area contributed by atoms with Crippen molar-refractivity contribution in [2.45, 2.75) is 6.54 Å². The van der Waals surface area contributed by atoms with Gasteiger partial charge in [-0.15, -0.1) is 0 Å². The van der Waals surface area contributed by atoms with Crippen molar-refractivity contribution in [2.75, 3.05) is 19.5 Å². The van der Waals surface area contributed by atoms with Crippen molar-refractivity contribution in [1.82, 2.24) is 9.78 Å². The smallest absolute Gasteiger partial charge is 0.142 e. The molecule has 1 aromatic heterocycles. The first-order chi connectivity index (χ1) is 9.26. The molecule has 0 aliphatic rings. The first kappa shape index (κ1) is 13.0. The van der Waals surface area contributed by atoms with Gasteiger partial charge in [-0.3, -0.25) is 0 Å². The zero-order chi connectivity index (χ0) is 13.7. The van der Waals surface area contributed by atoms with E-state index in [4.69, 9.17) is 9.47 Å². The summed E-state index contributed by atoms with van der Waals surface area (Å²) < 4.78 is 12.2. The Labute approximate surface area is 112 Å². The van der Waals surface area contributed by atoms with Crippen LogP contribution in [-0.2, 0) is 6.54 Å². The maximum Gasteiger partial charge on any atom is 0.142 e. The van der Waals surface area contributed by atoms with Gasteiger partial charge in [-0.2, -0.15) is 5.10 Å². The normalized spacial score (nSPS) is 10.0. The molecule has 0 bridgehead atoms. The number of hydrogen-bond donors (Lipinski definition) is 1.